The molecule has 0 N–H and O–H groups in total. The molecule has 3 aromatic rings. The standard InChI is InChI=1S/C19H18N2O3/c1-11-12(2)19(22)24-18-13(3)17-14(7-16(11)18)9-21(10-23-17)15-5-4-6-20-8-15/h4-8H,9-10H2,1-3H3. The molecule has 0 radical (unpaired) electrons. The van der Waals surface area contributed by atoms with Gasteiger partial charge in [-0.2, -0.15) is 0 Å². The van der Waals surface area contributed by atoms with Crippen LogP contribution in [0.2, 0.25) is 0 Å². The number of aromatic nitrogens is 1. The van der Waals surface area contributed by atoms with Gasteiger partial charge >= 0.3 is 5.63 Å². The predicted molar refractivity (Wildman–Crippen MR) is 92.6 cm³/mol. The highest BCUT2D eigenvalue weighted by atomic mass is 16.5. The summed E-state index contributed by atoms with van der Waals surface area (Å²) in [6.07, 6.45) is 3.59. The van der Waals surface area contributed by atoms with E-state index in [1.54, 1.807) is 13.1 Å². The molecule has 0 saturated heterocycles. The molecule has 0 saturated carbocycles. The first kappa shape index (κ1) is 14.8. The molecule has 0 bridgehead atoms. The molecule has 5 nitrogen and oxygen atoms in total. The van der Waals surface area contributed by atoms with Crippen molar-refractivity contribution in [2.45, 2.75) is 27.3 Å². The number of fused-ring (bicyclic) bond motifs is 2. The quantitative estimate of drug-likeness (QED) is 0.642. The maximum atomic E-state index is 12.0. The Hall–Kier alpha value is -2.82. The molecule has 0 fully saturated rings. The second-order valence-corrected chi connectivity index (χ2v) is 6.19. The third-order valence-electron chi connectivity index (χ3n) is 4.74. The number of anilines is 1. The summed E-state index contributed by atoms with van der Waals surface area (Å²) in [6.45, 7) is 6.88. The summed E-state index contributed by atoms with van der Waals surface area (Å²) in [7, 11) is 0. The van der Waals surface area contributed by atoms with Gasteiger partial charge in [-0.1, -0.05) is 0 Å². The Balaban J connectivity index is 1.87. The van der Waals surface area contributed by atoms with Crippen molar-refractivity contribution in [2.24, 2.45) is 0 Å². The maximum absolute atomic E-state index is 12.0. The highest BCUT2D eigenvalue weighted by Gasteiger charge is 2.23. The van der Waals surface area contributed by atoms with Gasteiger partial charge in [0.2, 0.25) is 0 Å². The van der Waals surface area contributed by atoms with Crippen LogP contribution >= 0.6 is 0 Å². The normalized spacial score (nSPS) is 13.7. The van der Waals surface area contributed by atoms with Crippen molar-refractivity contribution in [3.8, 4) is 5.75 Å². The average molecular weight is 322 g/mol. The Kier molecular flexibility index (Phi) is 3.30. The van der Waals surface area contributed by atoms with Gasteiger partial charge in [-0.3, -0.25) is 4.98 Å². The van der Waals surface area contributed by atoms with Crippen LogP contribution in [0.4, 0.5) is 5.69 Å². The topological polar surface area (TPSA) is 55.6 Å². The van der Waals surface area contributed by atoms with Crippen molar-refractivity contribution in [2.75, 3.05) is 11.6 Å². The van der Waals surface area contributed by atoms with Crippen LogP contribution in [0.5, 0.6) is 5.75 Å². The van der Waals surface area contributed by atoms with Crippen LogP contribution in [0.25, 0.3) is 11.0 Å². The van der Waals surface area contributed by atoms with Gasteiger partial charge in [0.25, 0.3) is 0 Å². The van der Waals surface area contributed by atoms with Crippen molar-refractivity contribution in [3.05, 3.63) is 63.3 Å². The molecule has 0 amide bonds. The van der Waals surface area contributed by atoms with E-state index in [1.165, 1.54) is 0 Å². The van der Waals surface area contributed by atoms with E-state index >= 15 is 0 Å². The van der Waals surface area contributed by atoms with Crippen LogP contribution in [-0.2, 0) is 6.54 Å². The minimum absolute atomic E-state index is 0.282. The maximum Gasteiger partial charge on any atom is 0.339 e. The third-order valence-corrected chi connectivity index (χ3v) is 4.74. The number of hydrogen-bond acceptors (Lipinski definition) is 5. The Morgan fingerprint density at radius 2 is 2.00 bits per heavy atom. The number of rotatable bonds is 1. The Morgan fingerprint density at radius 3 is 2.75 bits per heavy atom. The molecule has 0 spiro atoms. The summed E-state index contributed by atoms with van der Waals surface area (Å²) in [5, 5.41) is 0.972. The molecule has 1 aliphatic rings. The first-order chi connectivity index (χ1) is 11.6. The van der Waals surface area contributed by atoms with E-state index in [0.29, 0.717) is 17.9 Å². The fourth-order valence-corrected chi connectivity index (χ4v) is 3.20. The van der Waals surface area contributed by atoms with Gasteiger partial charge in [-0.25, -0.2) is 4.79 Å². The fourth-order valence-electron chi connectivity index (χ4n) is 3.20. The van der Waals surface area contributed by atoms with Crippen LogP contribution < -0.4 is 15.3 Å². The zero-order valence-corrected chi connectivity index (χ0v) is 13.9. The molecule has 5 heteroatoms. The molecule has 4 rings (SSSR count). The summed E-state index contributed by atoms with van der Waals surface area (Å²) in [6, 6.07) is 6.01. The number of ether oxygens (including phenoxy) is 1. The van der Waals surface area contributed by atoms with E-state index in [0.717, 1.165) is 40.1 Å². The molecule has 3 heterocycles. The fraction of sp³-hybridized carbons (Fsp3) is 0.263. The van der Waals surface area contributed by atoms with Crippen LogP contribution in [0.15, 0.2) is 39.8 Å². The summed E-state index contributed by atoms with van der Waals surface area (Å²) in [5.41, 5.74) is 4.95. The van der Waals surface area contributed by atoms with E-state index in [1.807, 2.05) is 32.2 Å². The van der Waals surface area contributed by atoms with Crippen LogP contribution in [0.3, 0.4) is 0 Å². The molecular weight excluding hydrogens is 304 g/mol. The average Bonchev–Trinajstić information content (AvgIpc) is 2.61. The van der Waals surface area contributed by atoms with Gasteiger partial charge in [-0.05, 0) is 44.5 Å². The SMILES string of the molecule is Cc1c(C)c2cc3c(c(C)c2oc1=O)OCN(c1cccnc1)C3. The highest BCUT2D eigenvalue weighted by Crippen LogP contribution is 2.37. The van der Waals surface area contributed by atoms with Crippen molar-refractivity contribution >= 4 is 16.7 Å². The zero-order chi connectivity index (χ0) is 16.8. The summed E-state index contributed by atoms with van der Waals surface area (Å²) in [5.74, 6) is 0.814. The summed E-state index contributed by atoms with van der Waals surface area (Å²) in [4.78, 5) is 18.3. The largest absolute Gasteiger partial charge is 0.472 e. The second kappa shape index (κ2) is 5.37. The Labute approximate surface area is 139 Å². The monoisotopic (exact) mass is 322 g/mol. The number of nitrogens with zero attached hydrogens (tertiary/aromatic N) is 2. The molecule has 24 heavy (non-hydrogen) atoms. The van der Waals surface area contributed by atoms with Gasteiger partial charge in [0, 0.05) is 34.8 Å². The van der Waals surface area contributed by atoms with Crippen molar-refractivity contribution < 1.29 is 9.15 Å². The van der Waals surface area contributed by atoms with Gasteiger partial charge in [0.05, 0.1) is 11.9 Å². The molecular formula is C19H18N2O3. The molecule has 0 unspecified atom stereocenters. The first-order valence-corrected chi connectivity index (χ1v) is 7.90. The van der Waals surface area contributed by atoms with E-state index in [4.69, 9.17) is 9.15 Å². The van der Waals surface area contributed by atoms with Crippen molar-refractivity contribution in [3.63, 3.8) is 0 Å². The minimum atomic E-state index is -0.282. The van der Waals surface area contributed by atoms with E-state index in [9.17, 15) is 4.79 Å². The third kappa shape index (κ3) is 2.16. The van der Waals surface area contributed by atoms with Gasteiger partial charge in [0.15, 0.2) is 6.73 Å². The first-order valence-electron chi connectivity index (χ1n) is 7.90. The van der Waals surface area contributed by atoms with Crippen molar-refractivity contribution in [1.29, 1.82) is 0 Å². The molecule has 122 valence electrons. The van der Waals surface area contributed by atoms with Gasteiger partial charge in [0.1, 0.15) is 11.3 Å². The van der Waals surface area contributed by atoms with E-state index < -0.39 is 0 Å². The number of hydrogen-bond donors (Lipinski definition) is 0. The Bertz CT molecular complexity index is 993. The lowest BCUT2D eigenvalue weighted by atomic mass is 9.99. The zero-order valence-electron chi connectivity index (χ0n) is 13.9. The van der Waals surface area contributed by atoms with E-state index in [-0.39, 0.29) is 5.63 Å². The summed E-state index contributed by atoms with van der Waals surface area (Å²) >= 11 is 0. The predicted octanol–water partition coefficient (Wildman–Crippen LogP) is 3.47. The molecule has 1 aromatic carbocycles. The van der Waals surface area contributed by atoms with Crippen molar-refractivity contribution in [1.82, 2.24) is 4.98 Å². The summed E-state index contributed by atoms with van der Waals surface area (Å²) < 4.78 is 11.5. The van der Waals surface area contributed by atoms with Gasteiger partial charge in [-0.15, -0.1) is 0 Å². The van der Waals surface area contributed by atoms with Crippen LogP contribution in [0.1, 0.15) is 22.3 Å². The molecule has 0 atom stereocenters. The number of pyridine rings is 1. The van der Waals surface area contributed by atoms with E-state index in [2.05, 4.69) is 16.0 Å². The lowest BCUT2D eigenvalue weighted by molar-refractivity contribution is 0.287. The number of aryl methyl sites for hydroxylation is 2. The second-order valence-electron chi connectivity index (χ2n) is 6.19. The molecule has 1 aliphatic heterocycles. The molecule has 0 aliphatic carbocycles. The highest BCUT2D eigenvalue weighted by molar-refractivity contribution is 5.87. The lowest BCUT2D eigenvalue weighted by Crippen LogP contribution is -2.32. The minimum Gasteiger partial charge on any atom is -0.472 e. The van der Waals surface area contributed by atoms with Crippen LogP contribution in [-0.4, -0.2) is 11.7 Å². The molecule has 2 aromatic heterocycles. The van der Waals surface area contributed by atoms with Gasteiger partial charge < -0.3 is 14.1 Å². The number of benzene rings is 1. The smallest absolute Gasteiger partial charge is 0.339 e. The van der Waals surface area contributed by atoms with Crippen LogP contribution in [0, 0.1) is 20.8 Å². The Morgan fingerprint density at radius 1 is 1.17 bits per heavy atom. The lowest BCUT2D eigenvalue weighted by Gasteiger charge is -2.31.